The van der Waals surface area contributed by atoms with Gasteiger partial charge in [0, 0.05) is 38.8 Å². The van der Waals surface area contributed by atoms with Crippen LogP contribution in [0.2, 0.25) is 0 Å². The molecule has 0 amide bonds. The van der Waals surface area contributed by atoms with Gasteiger partial charge in [0.2, 0.25) is 0 Å². The number of hydrogen-bond acceptors (Lipinski definition) is 0. The third kappa shape index (κ3) is 4.57. The summed E-state index contributed by atoms with van der Waals surface area (Å²) >= 11 is 0. The molecule has 2 heterocycles. The Bertz CT molecular complexity index is 2760. The van der Waals surface area contributed by atoms with Crippen molar-refractivity contribution in [1.29, 1.82) is 0 Å². The highest BCUT2D eigenvalue weighted by Gasteiger charge is 2.20. The zero-order valence-corrected chi connectivity index (χ0v) is 27.6. The van der Waals surface area contributed by atoms with Gasteiger partial charge in [-0.25, -0.2) is 0 Å². The third-order valence-electron chi connectivity index (χ3n) is 10.5. The minimum atomic E-state index is 0.340. The Labute approximate surface area is 291 Å². The second-order valence-electron chi connectivity index (χ2n) is 13.3. The highest BCUT2D eigenvalue weighted by atomic mass is 15.0. The minimum Gasteiger partial charge on any atom is -0.309 e. The normalized spacial score (nSPS) is 14.4. The Morgan fingerprint density at radius 2 is 0.980 bits per heavy atom. The predicted octanol–water partition coefficient (Wildman–Crippen LogP) is 12.8. The van der Waals surface area contributed by atoms with Crippen LogP contribution in [0.4, 0.5) is 0 Å². The number of fused-ring (bicyclic) bond motifs is 6. The number of hydrogen-bond donors (Lipinski definition) is 0. The average molecular weight is 639 g/mol. The van der Waals surface area contributed by atoms with Crippen molar-refractivity contribution in [3.63, 3.8) is 0 Å². The van der Waals surface area contributed by atoms with Gasteiger partial charge in [-0.3, -0.25) is 0 Å². The first-order valence-corrected chi connectivity index (χ1v) is 17.5. The molecule has 0 N–H and O–H groups in total. The quantitative estimate of drug-likeness (QED) is 0.178. The largest absolute Gasteiger partial charge is 0.309 e. The molecule has 2 nitrogen and oxygen atoms in total. The first-order chi connectivity index (χ1) is 24.8. The van der Waals surface area contributed by atoms with Crippen LogP contribution in [0.5, 0.6) is 0 Å². The molecule has 0 bridgehead atoms. The SMILES string of the molecule is C1=CCC(c2cccc3c2c2cc(-c4ccc5c(c4)c4ccccc4n5-c4ccccc4)ccc2n3-c2ccc(-c3ccccc3)cc2)C=C1. The first-order valence-electron chi connectivity index (χ1n) is 17.5. The zero-order valence-electron chi connectivity index (χ0n) is 27.6. The van der Waals surface area contributed by atoms with E-state index in [1.165, 1.54) is 82.8 Å². The van der Waals surface area contributed by atoms with E-state index in [1.807, 2.05) is 0 Å². The smallest absolute Gasteiger partial charge is 0.0544 e. The Hall–Kier alpha value is -6.38. The van der Waals surface area contributed by atoms with Gasteiger partial charge in [0.1, 0.15) is 0 Å². The zero-order chi connectivity index (χ0) is 33.0. The van der Waals surface area contributed by atoms with E-state index in [4.69, 9.17) is 0 Å². The van der Waals surface area contributed by atoms with Crippen molar-refractivity contribution >= 4 is 43.6 Å². The van der Waals surface area contributed by atoms with Gasteiger partial charge in [0.15, 0.2) is 0 Å². The molecule has 10 rings (SSSR count). The standard InChI is InChI=1S/C48H34N2/c1-4-13-33(14-5-1)34-23-27-39(28-24-34)50-46-30-26-37(32-43(46)48-40(20-12-22-47(48)50)35-15-6-2-7-16-35)36-25-29-45-42(31-36)41-19-10-11-21-44(41)49(45)38-17-8-3-9-18-38/h1-15,17-32,35H,16H2. The molecule has 9 aromatic rings. The van der Waals surface area contributed by atoms with Gasteiger partial charge in [-0.2, -0.15) is 0 Å². The van der Waals surface area contributed by atoms with E-state index < -0.39 is 0 Å². The van der Waals surface area contributed by atoms with Crippen LogP contribution >= 0.6 is 0 Å². The minimum absolute atomic E-state index is 0.340. The summed E-state index contributed by atoms with van der Waals surface area (Å²) in [6.45, 7) is 0. The Kier molecular flexibility index (Phi) is 6.67. The molecule has 0 fully saturated rings. The van der Waals surface area contributed by atoms with Crippen molar-refractivity contribution in [2.45, 2.75) is 12.3 Å². The summed E-state index contributed by atoms with van der Waals surface area (Å²) in [7, 11) is 0. The lowest BCUT2D eigenvalue weighted by atomic mass is 9.89. The highest BCUT2D eigenvalue weighted by Crippen LogP contribution is 2.42. The van der Waals surface area contributed by atoms with E-state index >= 15 is 0 Å². The van der Waals surface area contributed by atoms with Crippen molar-refractivity contribution in [2.24, 2.45) is 0 Å². The fourth-order valence-corrected chi connectivity index (χ4v) is 8.12. The van der Waals surface area contributed by atoms with Crippen LogP contribution in [0.25, 0.3) is 77.2 Å². The maximum absolute atomic E-state index is 2.45. The van der Waals surface area contributed by atoms with Crippen LogP contribution in [0.3, 0.4) is 0 Å². The molecule has 0 saturated heterocycles. The number of aromatic nitrogens is 2. The van der Waals surface area contributed by atoms with Gasteiger partial charge in [-0.15, -0.1) is 0 Å². The average Bonchev–Trinajstić information content (AvgIpc) is 3.71. The summed E-state index contributed by atoms with van der Waals surface area (Å²) in [5.74, 6) is 0.340. The summed E-state index contributed by atoms with van der Waals surface area (Å²) < 4.78 is 4.83. The van der Waals surface area contributed by atoms with Crippen molar-refractivity contribution in [2.75, 3.05) is 0 Å². The number of allylic oxidation sites excluding steroid dienone is 4. The number of benzene rings is 7. The summed E-state index contributed by atoms with van der Waals surface area (Å²) in [4.78, 5) is 0. The van der Waals surface area contributed by atoms with Gasteiger partial charge in [0.25, 0.3) is 0 Å². The Morgan fingerprint density at radius 1 is 0.400 bits per heavy atom. The van der Waals surface area contributed by atoms with Crippen LogP contribution in [-0.4, -0.2) is 9.13 Å². The molecule has 0 radical (unpaired) electrons. The second-order valence-corrected chi connectivity index (χ2v) is 13.3. The molecule has 0 spiro atoms. The molecule has 236 valence electrons. The summed E-state index contributed by atoms with van der Waals surface area (Å²) in [6, 6.07) is 60.0. The maximum atomic E-state index is 2.45. The van der Waals surface area contributed by atoms with Gasteiger partial charge in [0.05, 0.1) is 22.1 Å². The summed E-state index contributed by atoms with van der Waals surface area (Å²) in [6.07, 6.45) is 10.0. The fraction of sp³-hybridized carbons (Fsp3) is 0.0417. The van der Waals surface area contributed by atoms with Gasteiger partial charge in [-0.1, -0.05) is 127 Å². The van der Waals surface area contributed by atoms with Crippen LogP contribution in [0.15, 0.2) is 188 Å². The van der Waals surface area contributed by atoms with Gasteiger partial charge in [-0.05, 0) is 94.9 Å². The molecule has 0 aliphatic heterocycles. The topological polar surface area (TPSA) is 9.86 Å². The van der Waals surface area contributed by atoms with Crippen molar-refractivity contribution < 1.29 is 0 Å². The van der Waals surface area contributed by atoms with Crippen molar-refractivity contribution in [1.82, 2.24) is 9.13 Å². The van der Waals surface area contributed by atoms with E-state index in [2.05, 4.69) is 197 Å². The lowest BCUT2D eigenvalue weighted by Crippen LogP contribution is -1.98. The fourth-order valence-electron chi connectivity index (χ4n) is 8.12. The van der Waals surface area contributed by atoms with E-state index in [9.17, 15) is 0 Å². The van der Waals surface area contributed by atoms with Crippen molar-refractivity contribution in [3.8, 4) is 33.6 Å². The molecule has 1 unspecified atom stereocenters. The monoisotopic (exact) mass is 638 g/mol. The lowest BCUT2D eigenvalue weighted by Gasteiger charge is -2.15. The summed E-state index contributed by atoms with van der Waals surface area (Å²) in [5.41, 5.74) is 13.5. The lowest BCUT2D eigenvalue weighted by molar-refractivity contribution is 0.862. The van der Waals surface area contributed by atoms with Crippen LogP contribution in [0, 0.1) is 0 Å². The molecule has 1 aliphatic carbocycles. The number of para-hydroxylation sites is 2. The van der Waals surface area contributed by atoms with Crippen molar-refractivity contribution in [3.05, 3.63) is 194 Å². The molecule has 1 aliphatic rings. The Morgan fingerprint density at radius 3 is 1.74 bits per heavy atom. The van der Waals surface area contributed by atoms with Crippen LogP contribution in [-0.2, 0) is 0 Å². The second kappa shape index (κ2) is 11.6. The highest BCUT2D eigenvalue weighted by molar-refractivity contribution is 6.13. The van der Waals surface area contributed by atoms with Gasteiger partial charge >= 0.3 is 0 Å². The maximum Gasteiger partial charge on any atom is 0.0544 e. The van der Waals surface area contributed by atoms with Gasteiger partial charge < -0.3 is 9.13 Å². The number of nitrogens with zero attached hydrogens (tertiary/aromatic N) is 2. The third-order valence-corrected chi connectivity index (χ3v) is 10.5. The molecular weight excluding hydrogens is 605 g/mol. The molecule has 2 heteroatoms. The molecule has 7 aromatic carbocycles. The van der Waals surface area contributed by atoms with Crippen LogP contribution in [0.1, 0.15) is 17.9 Å². The molecule has 2 aromatic heterocycles. The van der Waals surface area contributed by atoms with E-state index in [0.717, 1.165) is 6.42 Å². The number of rotatable bonds is 5. The van der Waals surface area contributed by atoms with E-state index in [0.29, 0.717) is 5.92 Å². The molecule has 0 saturated carbocycles. The molecule has 50 heavy (non-hydrogen) atoms. The summed E-state index contributed by atoms with van der Waals surface area (Å²) in [5, 5.41) is 5.16. The van der Waals surface area contributed by atoms with Crippen LogP contribution < -0.4 is 0 Å². The first kappa shape index (κ1) is 28.6. The van der Waals surface area contributed by atoms with E-state index in [1.54, 1.807) is 0 Å². The predicted molar refractivity (Wildman–Crippen MR) is 212 cm³/mol. The Balaban J connectivity index is 1.18. The molecular formula is C48H34N2. The van der Waals surface area contributed by atoms with E-state index in [-0.39, 0.29) is 0 Å². The molecule has 1 atom stereocenters.